The number of hydrogen-bond acceptors (Lipinski definition) is 5. The minimum absolute atomic E-state index is 0.108. The lowest BCUT2D eigenvalue weighted by atomic mass is 9.93. The second-order valence-corrected chi connectivity index (χ2v) is 7.63. The Hall–Kier alpha value is -3.02. The number of piperidine rings is 1. The first-order valence-electron chi connectivity index (χ1n) is 9.95. The van der Waals surface area contributed by atoms with Crippen LogP contribution >= 0.6 is 0 Å². The fourth-order valence-corrected chi connectivity index (χ4v) is 4.43. The van der Waals surface area contributed by atoms with Crippen molar-refractivity contribution in [1.82, 2.24) is 19.9 Å². The molecule has 6 nitrogen and oxygen atoms in total. The number of benzene rings is 1. The topological polar surface area (TPSA) is 62.2 Å². The number of nitrogens with zero attached hydrogens (tertiary/aromatic N) is 5. The fourth-order valence-electron chi connectivity index (χ4n) is 4.43. The summed E-state index contributed by atoms with van der Waals surface area (Å²) in [6.45, 7) is 3.27. The zero-order valence-corrected chi connectivity index (χ0v) is 15.8. The quantitative estimate of drug-likeness (QED) is 0.691. The maximum atomic E-state index is 13.1. The molecule has 28 heavy (non-hydrogen) atoms. The van der Waals surface area contributed by atoms with Crippen molar-refractivity contribution in [3.05, 3.63) is 60.2 Å². The molecule has 2 aromatic heterocycles. The van der Waals surface area contributed by atoms with E-state index in [-0.39, 0.29) is 5.92 Å². The van der Waals surface area contributed by atoms with E-state index in [9.17, 15) is 4.79 Å². The molecule has 142 valence electrons. The number of fused-ring (bicyclic) bond motifs is 2. The van der Waals surface area contributed by atoms with Gasteiger partial charge in [0.05, 0.1) is 11.7 Å². The van der Waals surface area contributed by atoms with Gasteiger partial charge in [0.2, 0.25) is 5.91 Å². The number of pyridine rings is 1. The summed E-state index contributed by atoms with van der Waals surface area (Å²) < 4.78 is 0. The van der Waals surface area contributed by atoms with E-state index in [1.165, 1.54) is 11.1 Å². The van der Waals surface area contributed by atoms with Crippen LogP contribution in [0.15, 0.2) is 49.1 Å². The lowest BCUT2D eigenvalue weighted by molar-refractivity contribution is -0.137. The largest absolute Gasteiger partial charge is 0.356 e. The first kappa shape index (κ1) is 17.1. The Labute approximate surface area is 164 Å². The van der Waals surface area contributed by atoms with Gasteiger partial charge in [0.15, 0.2) is 0 Å². The number of rotatable bonds is 2. The maximum absolute atomic E-state index is 13.1. The van der Waals surface area contributed by atoms with Crippen molar-refractivity contribution < 1.29 is 4.79 Å². The molecule has 5 rings (SSSR count). The average Bonchev–Trinajstić information content (AvgIpc) is 2.78. The lowest BCUT2D eigenvalue weighted by Crippen LogP contribution is -2.44. The van der Waals surface area contributed by atoms with Crippen LogP contribution in [0.2, 0.25) is 0 Å². The van der Waals surface area contributed by atoms with Gasteiger partial charge in [-0.3, -0.25) is 9.78 Å². The molecule has 3 aromatic rings. The van der Waals surface area contributed by atoms with Crippen LogP contribution in [0, 0.1) is 5.92 Å². The molecule has 0 unspecified atom stereocenters. The van der Waals surface area contributed by atoms with Gasteiger partial charge < -0.3 is 9.80 Å². The molecule has 0 atom stereocenters. The van der Waals surface area contributed by atoms with Gasteiger partial charge in [-0.2, -0.15) is 0 Å². The summed E-state index contributed by atoms with van der Waals surface area (Å²) in [6, 6.07) is 10.4. The lowest BCUT2D eigenvalue weighted by Gasteiger charge is -2.36. The van der Waals surface area contributed by atoms with Crippen LogP contribution in [0.5, 0.6) is 0 Å². The molecule has 0 radical (unpaired) electrons. The van der Waals surface area contributed by atoms with Crippen LogP contribution in [0.25, 0.3) is 10.9 Å². The summed E-state index contributed by atoms with van der Waals surface area (Å²) in [7, 11) is 0. The molecule has 0 N–H and O–H groups in total. The van der Waals surface area contributed by atoms with E-state index in [1.54, 1.807) is 18.7 Å². The number of amides is 1. The Morgan fingerprint density at radius 2 is 1.82 bits per heavy atom. The molecule has 0 bridgehead atoms. The van der Waals surface area contributed by atoms with Crippen LogP contribution < -0.4 is 4.90 Å². The van der Waals surface area contributed by atoms with Crippen LogP contribution in [-0.4, -0.2) is 45.4 Å². The van der Waals surface area contributed by atoms with Crippen molar-refractivity contribution in [2.24, 2.45) is 5.92 Å². The first-order chi connectivity index (χ1) is 13.8. The summed E-state index contributed by atoms with van der Waals surface area (Å²) in [5, 5.41) is 1.02. The van der Waals surface area contributed by atoms with E-state index in [2.05, 4.69) is 49.0 Å². The number of hydrogen-bond donors (Lipinski definition) is 0. The first-order valence-corrected chi connectivity index (χ1v) is 9.95. The zero-order chi connectivity index (χ0) is 18.9. The average molecular weight is 373 g/mol. The highest BCUT2D eigenvalue weighted by Crippen LogP contribution is 2.29. The molecule has 0 aliphatic carbocycles. The fraction of sp³-hybridized carbons (Fsp3) is 0.364. The summed E-state index contributed by atoms with van der Waals surface area (Å²) in [4.78, 5) is 30.4. The van der Waals surface area contributed by atoms with Gasteiger partial charge in [-0.15, -0.1) is 0 Å². The molecule has 1 aromatic carbocycles. The van der Waals surface area contributed by atoms with Crippen molar-refractivity contribution in [3.63, 3.8) is 0 Å². The molecule has 2 aliphatic rings. The Balaban J connectivity index is 1.27. The highest BCUT2D eigenvalue weighted by molar-refractivity contribution is 5.88. The smallest absolute Gasteiger partial charge is 0.226 e. The third kappa shape index (κ3) is 3.09. The van der Waals surface area contributed by atoms with Crippen molar-refractivity contribution in [1.29, 1.82) is 0 Å². The molecule has 1 amide bonds. The molecule has 4 heterocycles. The Bertz CT molecular complexity index is 1010. The molecule has 0 saturated carbocycles. The molecule has 2 aliphatic heterocycles. The molecule has 1 fully saturated rings. The minimum atomic E-state index is 0.108. The normalized spacial score (nSPS) is 17.6. The second-order valence-electron chi connectivity index (χ2n) is 7.63. The third-order valence-electron chi connectivity index (χ3n) is 6.00. The molecule has 0 spiro atoms. The predicted octanol–water partition coefficient (Wildman–Crippen LogP) is 2.83. The van der Waals surface area contributed by atoms with Crippen LogP contribution in [0.1, 0.15) is 24.0 Å². The van der Waals surface area contributed by atoms with Crippen LogP contribution in [-0.2, 0) is 17.8 Å². The Kier molecular flexibility index (Phi) is 4.39. The van der Waals surface area contributed by atoms with Gasteiger partial charge in [-0.1, -0.05) is 24.3 Å². The number of aromatic nitrogens is 3. The molecule has 1 saturated heterocycles. The van der Waals surface area contributed by atoms with Gasteiger partial charge in [0.1, 0.15) is 12.1 Å². The monoisotopic (exact) mass is 373 g/mol. The van der Waals surface area contributed by atoms with E-state index in [4.69, 9.17) is 0 Å². The van der Waals surface area contributed by atoms with E-state index in [0.717, 1.165) is 62.2 Å². The predicted molar refractivity (Wildman–Crippen MR) is 108 cm³/mol. The second kappa shape index (κ2) is 7.19. The van der Waals surface area contributed by atoms with Gasteiger partial charge in [-0.25, -0.2) is 9.97 Å². The van der Waals surface area contributed by atoms with E-state index in [0.29, 0.717) is 5.91 Å². The number of anilines is 1. The Morgan fingerprint density at radius 1 is 1.00 bits per heavy atom. The van der Waals surface area contributed by atoms with Gasteiger partial charge in [0.25, 0.3) is 0 Å². The highest BCUT2D eigenvalue weighted by Gasteiger charge is 2.31. The summed E-state index contributed by atoms with van der Waals surface area (Å²) >= 11 is 0. The van der Waals surface area contributed by atoms with Crippen molar-refractivity contribution in [3.8, 4) is 0 Å². The van der Waals surface area contributed by atoms with E-state index in [1.807, 2.05) is 6.07 Å². The van der Waals surface area contributed by atoms with Crippen LogP contribution in [0.3, 0.4) is 0 Å². The van der Waals surface area contributed by atoms with Crippen molar-refractivity contribution >= 4 is 22.6 Å². The standard InChI is InChI=1S/C22H23N5O/c28-22(27-12-6-16-3-1-2-4-18(16)14-27)17-7-10-26(11-8-17)21-19-5-9-23-13-20(19)24-15-25-21/h1-5,9,13,15,17H,6-8,10-12,14H2. The van der Waals surface area contributed by atoms with Crippen LogP contribution in [0.4, 0.5) is 5.82 Å². The molecule has 6 heteroatoms. The number of carbonyl (C=O) groups excluding carboxylic acids is 1. The number of carbonyl (C=O) groups is 1. The minimum Gasteiger partial charge on any atom is -0.356 e. The van der Waals surface area contributed by atoms with Gasteiger partial charge in [-0.05, 0) is 36.5 Å². The third-order valence-corrected chi connectivity index (χ3v) is 6.00. The maximum Gasteiger partial charge on any atom is 0.226 e. The van der Waals surface area contributed by atoms with Gasteiger partial charge >= 0.3 is 0 Å². The zero-order valence-electron chi connectivity index (χ0n) is 15.8. The van der Waals surface area contributed by atoms with Crippen molar-refractivity contribution in [2.45, 2.75) is 25.8 Å². The highest BCUT2D eigenvalue weighted by atomic mass is 16.2. The Morgan fingerprint density at radius 3 is 2.68 bits per heavy atom. The molecular weight excluding hydrogens is 350 g/mol. The SMILES string of the molecule is O=C(C1CCN(c2ncnc3cnccc23)CC1)N1CCc2ccccc2C1. The summed E-state index contributed by atoms with van der Waals surface area (Å²) in [5.41, 5.74) is 3.53. The van der Waals surface area contributed by atoms with Crippen molar-refractivity contribution in [2.75, 3.05) is 24.5 Å². The summed E-state index contributed by atoms with van der Waals surface area (Å²) in [5.74, 6) is 1.37. The summed E-state index contributed by atoms with van der Waals surface area (Å²) in [6.07, 6.45) is 7.84. The van der Waals surface area contributed by atoms with E-state index < -0.39 is 0 Å². The van der Waals surface area contributed by atoms with E-state index >= 15 is 0 Å². The van der Waals surface area contributed by atoms with Gasteiger partial charge in [0, 0.05) is 43.7 Å². The molecular formula is C22H23N5O.